The molecule has 0 fully saturated rings. The molecule has 0 aliphatic rings. The molecular weight excluding hydrogens is 264 g/mol. The minimum Gasteiger partial charge on any atom is -0.497 e. The van der Waals surface area contributed by atoms with E-state index in [1.165, 1.54) is 0 Å². The number of anilines is 2. The molecule has 0 saturated carbocycles. The standard InChI is InChI=1S/C16H16N4O/c1-11-18-14-5-4-10-17-15(14)16(19-11)20(2)12-6-8-13(21-3)9-7-12/h4-10H,1-3H3. The molecule has 0 N–H and O–H groups in total. The summed E-state index contributed by atoms with van der Waals surface area (Å²) in [6.07, 6.45) is 1.76. The van der Waals surface area contributed by atoms with Crippen molar-refractivity contribution < 1.29 is 4.74 Å². The van der Waals surface area contributed by atoms with Gasteiger partial charge in [0.05, 0.1) is 12.6 Å². The third-order valence-corrected chi connectivity index (χ3v) is 3.33. The summed E-state index contributed by atoms with van der Waals surface area (Å²) in [5.41, 5.74) is 2.66. The topological polar surface area (TPSA) is 51.1 Å². The molecule has 0 atom stereocenters. The van der Waals surface area contributed by atoms with E-state index >= 15 is 0 Å². The van der Waals surface area contributed by atoms with Crippen LogP contribution in [0.15, 0.2) is 42.6 Å². The van der Waals surface area contributed by atoms with E-state index in [2.05, 4.69) is 15.0 Å². The van der Waals surface area contributed by atoms with Gasteiger partial charge in [0.15, 0.2) is 5.82 Å². The predicted molar refractivity (Wildman–Crippen MR) is 83.1 cm³/mol. The number of hydrogen-bond donors (Lipinski definition) is 0. The van der Waals surface area contributed by atoms with Crippen LogP contribution in [0.3, 0.4) is 0 Å². The molecule has 3 aromatic rings. The number of aryl methyl sites for hydroxylation is 1. The molecule has 0 saturated heterocycles. The first-order valence-electron chi connectivity index (χ1n) is 6.66. The number of nitrogens with zero attached hydrogens (tertiary/aromatic N) is 4. The lowest BCUT2D eigenvalue weighted by molar-refractivity contribution is 0.415. The van der Waals surface area contributed by atoms with Crippen molar-refractivity contribution in [3.05, 3.63) is 48.4 Å². The summed E-state index contributed by atoms with van der Waals surface area (Å²) >= 11 is 0. The Balaban J connectivity index is 2.09. The second-order valence-corrected chi connectivity index (χ2v) is 4.72. The molecular formula is C16H16N4O. The van der Waals surface area contributed by atoms with Gasteiger partial charge in [0.25, 0.3) is 0 Å². The van der Waals surface area contributed by atoms with Gasteiger partial charge in [-0.2, -0.15) is 0 Å². The van der Waals surface area contributed by atoms with Crippen LogP contribution < -0.4 is 9.64 Å². The normalized spacial score (nSPS) is 10.6. The van der Waals surface area contributed by atoms with E-state index in [1.54, 1.807) is 13.3 Å². The fourth-order valence-corrected chi connectivity index (χ4v) is 2.23. The molecule has 3 rings (SSSR count). The number of aromatic nitrogens is 3. The molecule has 0 aliphatic heterocycles. The van der Waals surface area contributed by atoms with Crippen molar-refractivity contribution >= 4 is 22.5 Å². The third-order valence-electron chi connectivity index (χ3n) is 3.33. The highest BCUT2D eigenvalue weighted by Gasteiger charge is 2.12. The van der Waals surface area contributed by atoms with Gasteiger partial charge in [0, 0.05) is 18.9 Å². The van der Waals surface area contributed by atoms with Gasteiger partial charge in [0.1, 0.15) is 17.1 Å². The number of fused-ring (bicyclic) bond motifs is 1. The van der Waals surface area contributed by atoms with E-state index in [1.807, 2.05) is 55.3 Å². The molecule has 106 valence electrons. The van der Waals surface area contributed by atoms with Gasteiger partial charge in [-0.05, 0) is 43.3 Å². The molecule has 5 nitrogen and oxygen atoms in total. The Kier molecular flexibility index (Phi) is 3.39. The summed E-state index contributed by atoms with van der Waals surface area (Å²) in [4.78, 5) is 15.4. The molecule has 2 heterocycles. The van der Waals surface area contributed by atoms with Crippen molar-refractivity contribution in [1.29, 1.82) is 0 Å². The largest absolute Gasteiger partial charge is 0.497 e. The maximum atomic E-state index is 5.19. The zero-order valence-corrected chi connectivity index (χ0v) is 12.2. The Bertz CT molecular complexity index is 771. The summed E-state index contributed by atoms with van der Waals surface area (Å²) in [6, 6.07) is 11.7. The fraction of sp³-hybridized carbons (Fsp3) is 0.188. The maximum Gasteiger partial charge on any atom is 0.163 e. The van der Waals surface area contributed by atoms with Crippen LogP contribution in [0, 0.1) is 6.92 Å². The number of rotatable bonds is 3. The molecule has 5 heteroatoms. The van der Waals surface area contributed by atoms with Crippen molar-refractivity contribution in [2.45, 2.75) is 6.92 Å². The molecule has 0 bridgehead atoms. The van der Waals surface area contributed by atoms with Gasteiger partial charge >= 0.3 is 0 Å². The van der Waals surface area contributed by atoms with E-state index in [9.17, 15) is 0 Å². The lowest BCUT2D eigenvalue weighted by Gasteiger charge is -2.20. The maximum absolute atomic E-state index is 5.19. The molecule has 0 aliphatic carbocycles. The van der Waals surface area contributed by atoms with Crippen molar-refractivity contribution in [3.8, 4) is 5.75 Å². The van der Waals surface area contributed by atoms with Gasteiger partial charge in [-0.3, -0.25) is 4.98 Å². The second-order valence-electron chi connectivity index (χ2n) is 4.72. The van der Waals surface area contributed by atoms with Crippen LogP contribution in [0.4, 0.5) is 11.5 Å². The van der Waals surface area contributed by atoms with E-state index in [-0.39, 0.29) is 0 Å². The van der Waals surface area contributed by atoms with E-state index in [0.717, 1.165) is 34.1 Å². The van der Waals surface area contributed by atoms with Gasteiger partial charge in [0.2, 0.25) is 0 Å². The highest BCUT2D eigenvalue weighted by Crippen LogP contribution is 2.28. The number of pyridine rings is 1. The Morgan fingerprint density at radius 1 is 1.05 bits per heavy atom. The van der Waals surface area contributed by atoms with Crippen LogP contribution >= 0.6 is 0 Å². The fourth-order valence-electron chi connectivity index (χ4n) is 2.23. The van der Waals surface area contributed by atoms with Crippen LogP contribution in [0.5, 0.6) is 5.75 Å². The first-order valence-corrected chi connectivity index (χ1v) is 6.66. The monoisotopic (exact) mass is 280 g/mol. The SMILES string of the molecule is COc1ccc(N(C)c2nc(C)nc3cccnc23)cc1. The molecule has 1 aromatic carbocycles. The quantitative estimate of drug-likeness (QED) is 0.738. The summed E-state index contributed by atoms with van der Waals surface area (Å²) in [6.45, 7) is 1.89. The van der Waals surface area contributed by atoms with Crippen LogP contribution in [0.1, 0.15) is 5.82 Å². The van der Waals surface area contributed by atoms with Crippen molar-refractivity contribution in [1.82, 2.24) is 15.0 Å². The van der Waals surface area contributed by atoms with Gasteiger partial charge in [-0.15, -0.1) is 0 Å². The Labute approximate surface area is 123 Å². The zero-order chi connectivity index (χ0) is 14.8. The van der Waals surface area contributed by atoms with Gasteiger partial charge in [-0.25, -0.2) is 9.97 Å². The number of methoxy groups -OCH3 is 1. The van der Waals surface area contributed by atoms with Crippen LogP contribution in [-0.2, 0) is 0 Å². The van der Waals surface area contributed by atoms with E-state index < -0.39 is 0 Å². The predicted octanol–water partition coefficient (Wildman–Crippen LogP) is 3.11. The lowest BCUT2D eigenvalue weighted by atomic mass is 10.2. The summed E-state index contributed by atoms with van der Waals surface area (Å²) in [7, 11) is 3.63. The summed E-state index contributed by atoms with van der Waals surface area (Å²) in [5.74, 6) is 2.35. The number of ether oxygens (including phenoxy) is 1. The van der Waals surface area contributed by atoms with Gasteiger partial charge < -0.3 is 9.64 Å². The van der Waals surface area contributed by atoms with E-state index in [0.29, 0.717) is 0 Å². The smallest absolute Gasteiger partial charge is 0.163 e. The number of benzene rings is 1. The first kappa shape index (κ1) is 13.3. The van der Waals surface area contributed by atoms with E-state index in [4.69, 9.17) is 4.74 Å². The average Bonchev–Trinajstić information content (AvgIpc) is 2.53. The van der Waals surface area contributed by atoms with Crippen LogP contribution in [-0.4, -0.2) is 29.1 Å². The third kappa shape index (κ3) is 2.50. The Morgan fingerprint density at radius 2 is 1.81 bits per heavy atom. The lowest BCUT2D eigenvalue weighted by Crippen LogP contribution is -2.13. The molecule has 2 aromatic heterocycles. The molecule has 0 unspecified atom stereocenters. The van der Waals surface area contributed by atoms with Gasteiger partial charge in [-0.1, -0.05) is 0 Å². The highest BCUT2D eigenvalue weighted by atomic mass is 16.5. The summed E-state index contributed by atoms with van der Waals surface area (Å²) in [5, 5.41) is 0. The Hall–Kier alpha value is -2.69. The zero-order valence-electron chi connectivity index (χ0n) is 12.2. The van der Waals surface area contributed by atoms with Crippen molar-refractivity contribution in [2.75, 3.05) is 19.1 Å². The molecule has 21 heavy (non-hydrogen) atoms. The first-order chi connectivity index (χ1) is 10.2. The average molecular weight is 280 g/mol. The molecule has 0 radical (unpaired) electrons. The van der Waals surface area contributed by atoms with Crippen LogP contribution in [0.25, 0.3) is 11.0 Å². The molecule has 0 spiro atoms. The van der Waals surface area contributed by atoms with Crippen LogP contribution in [0.2, 0.25) is 0 Å². The molecule has 0 amide bonds. The second kappa shape index (κ2) is 5.36. The highest BCUT2D eigenvalue weighted by molar-refractivity contribution is 5.87. The summed E-state index contributed by atoms with van der Waals surface area (Å²) < 4.78 is 5.19. The Morgan fingerprint density at radius 3 is 2.52 bits per heavy atom. The minimum absolute atomic E-state index is 0.728. The van der Waals surface area contributed by atoms with Crippen molar-refractivity contribution in [3.63, 3.8) is 0 Å². The van der Waals surface area contributed by atoms with Crippen molar-refractivity contribution in [2.24, 2.45) is 0 Å². The minimum atomic E-state index is 0.728. The number of hydrogen-bond acceptors (Lipinski definition) is 5.